The molecular formula is C26H20N2O6. The van der Waals surface area contributed by atoms with Gasteiger partial charge >= 0.3 is 0 Å². The fourth-order valence-corrected chi connectivity index (χ4v) is 4.96. The van der Waals surface area contributed by atoms with Gasteiger partial charge in [0.2, 0.25) is 0 Å². The monoisotopic (exact) mass is 456 g/mol. The topological polar surface area (TPSA) is 153 Å². The highest BCUT2D eigenvalue weighted by molar-refractivity contribution is 6.31. The predicted molar refractivity (Wildman–Crippen MR) is 123 cm³/mol. The van der Waals surface area contributed by atoms with E-state index in [1.54, 1.807) is 0 Å². The lowest BCUT2D eigenvalue weighted by molar-refractivity contribution is -0.107. The van der Waals surface area contributed by atoms with E-state index in [1.807, 2.05) is 0 Å². The zero-order valence-electron chi connectivity index (χ0n) is 18.0. The highest BCUT2D eigenvalue weighted by Gasteiger charge is 2.56. The fourth-order valence-electron chi connectivity index (χ4n) is 4.96. The molecule has 0 amide bonds. The zero-order chi connectivity index (χ0) is 24.4. The van der Waals surface area contributed by atoms with Gasteiger partial charge in [0.25, 0.3) is 0 Å². The minimum atomic E-state index is -2.05. The van der Waals surface area contributed by atoms with E-state index in [1.165, 1.54) is 43.3 Å². The Bertz CT molecular complexity index is 1440. The Kier molecular flexibility index (Phi) is 4.78. The second kappa shape index (κ2) is 7.47. The number of benzene rings is 2. The van der Waals surface area contributed by atoms with Crippen molar-refractivity contribution in [3.8, 4) is 29.4 Å². The number of phenolic OH excluding ortho intramolecular Hbond substituents is 1. The number of nitrogen functional groups attached to an aromatic ring is 1. The Labute approximate surface area is 194 Å². The first-order chi connectivity index (χ1) is 16.2. The molecule has 2 bridgehead atoms. The Hall–Kier alpha value is -4.08. The van der Waals surface area contributed by atoms with Crippen LogP contribution in [0.4, 0.5) is 11.4 Å². The van der Waals surface area contributed by atoms with Gasteiger partial charge in [-0.2, -0.15) is 0 Å². The lowest BCUT2D eigenvalue weighted by Crippen LogP contribution is -2.62. The van der Waals surface area contributed by atoms with Crippen LogP contribution in [0, 0.1) is 23.7 Å². The van der Waals surface area contributed by atoms with Crippen molar-refractivity contribution < 1.29 is 30.0 Å². The molecule has 2 aromatic rings. The molecule has 2 aliphatic carbocycles. The fraction of sp³-hybridized carbons (Fsp3) is 0.231. The minimum Gasteiger partial charge on any atom is -0.507 e. The minimum absolute atomic E-state index is 0.0716. The van der Waals surface area contributed by atoms with E-state index >= 15 is 0 Å². The number of hydrogen-bond acceptors (Lipinski definition) is 8. The van der Waals surface area contributed by atoms with Crippen molar-refractivity contribution in [1.29, 1.82) is 0 Å². The van der Waals surface area contributed by atoms with Crippen LogP contribution in [0.3, 0.4) is 0 Å². The molecular weight excluding hydrogens is 436 g/mol. The number of aliphatic hydroxyl groups excluding tert-OH is 2. The number of ketones is 2. The van der Waals surface area contributed by atoms with Crippen LogP contribution in [0.15, 0.2) is 36.4 Å². The quantitative estimate of drug-likeness (QED) is 0.178. The summed E-state index contributed by atoms with van der Waals surface area (Å²) in [5, 5.41) is 47.1. The molecule has 1 aliphatic heterocycles. The van der Waals surface area contributed by atoms with Crippen LogP contribution in [0.25, 0.3) is 0 Å². The first-order valence-electron chi connectivity index (χ1n) is 10.6. The maximum atomic E-state index is 13.6. The van der Waals surface area contributed by atoms with Gasteiger partial charge in [-0.1, -0.05) is 23.7 Å². The van der Waals surface area contributed by atoms with Crippen LogP contribution < -0.4 is 11.1 Å². The van der Waals surface area contributed by atoms with Gasteiger partial charge in [-0.3, -0.25) is 9.59 Å². The molecule has 1 heterocycles. The van der Waals surface area contributed by atoms with Crippen LogP contribution >= 0.6 is 0 Å². The number of hydrogen-bond donors (Lipinski definition) is 6. The van der Waals surface area contributed by atoms with E-state index in [0.29, 0.717) is 5.69 Å². The molecule has 8 nitrogen and oxygen atoms in total. The second-order valence-corrected chi connectivity index (χ2v) is 8.55. The summed E-state index contributed by atoms with van der Waals surface area (Å²) < 4.78 is 0. The number of nitrogens with two attached hydrogens (primary N) is 1. The number of rotatable bonds is 1. The van der Waals surface area contributed by atoms with Crippen LogP contribution in [0.5, 0.6) is 5.75 Å². The number of aromatic hydroxyl groups is 1. The third-order valence-corrected chi connectivity index (χ3v) is 6.60. The highest BCUT2D eigenvalue weighted by atomic mass is 16.3. The first-order valence-corrected chi connectivity index (χ1v) is 10.6. The van der Waals surface area contributed by atoms with E-state index in [0.717, 1.165) is 0 Å². The van der Waals surface area contributed by atoms with Gasteiger partial charge in [0.15, 0.2) is 11.6 Å². The third-order valence-electron chi connectivity index (χ3n) is 6.60. The lowest BCUT2D eigenvalue weighted by atomic mass is 9.66. The Balaban J connectivity index is 1.84. The molecule has 7 N–H and O–H groups in total. The summed E-state index contributed by atoms with van der Waals surface area (Å²) in [5.41, 5.74) is 4.18. The molecule has 2 aromatic carbocycles. The van der Waals surface area contributed by atoms with Crippen LogP contribution in [-0.2, 0) is 0 Å². The third kappa shape index (κ3) is 2.87. The normalized spacial score (nSPS) is 27.9. The van der Waals surface area contributed by atoms with E-state index in [-0.39, 0.29) is 33.5 Å². The lowest BCUT2D eigenvalue weighted by Gasteiger charge is -2.48. The predicted octanol–water partition coefficient (Wildman–Crippen LogP) is 0.677. The molecule has 0 saturated heterocycles. The molecule has 170 valence electrons. The summed E-state index contributed by atoms with van der Waals surface area (Å²) in [6, 6.07) is 4.38. The number of carbonyl (C=O) groups excluding carboxylic acids is 2. The maximum absolute atomic E-state index is 13.6. The molecule has 0 fully saturated rings. The number of anilines is 2. The van der Waals surface area contributed by atoms with Crippen molar-refractivity contribution >= 4 is 22.9 Å². The van der Waals surface area contributed by atoms with E-state index in [2.05, 4.69) is 29.0 Å². The van der Waals surface area contributed by atoms with Crippen molar-refractivity contribution in [2.24, 2.45) is 0 Å². The molecule has 34 heavy (non-hydrogen) atoms. The summed E-state index contributed by atoms with van der Waals surface area (Å²) in [6.45, 7) is 1.35. The highest BCUT2D eigenvalue weighted by Crippen LogP contribution is 2.50. The number of fused-ring (bicyclic) bond motifs is 7. The Morgan fingerprint density at radius 3 is 2.44 bits per heavy atom. The first kappa shape index (κ1) is 21.7. The van der Waals surface area contributed by atoms with Crippen molar-refractivity contribution in [1.82, 2.24) is 0 Å². The van der Waals surface area contributed by atoms with Gasteiger partial charge in [0, 0.05) is 16.8 Å². The second-order valence-electron chi connectivity index (χ2n) is 8.55. The molecule has 5 atom stereocenters. The van der Waals surface area contributed by atoms with Crippen molar-refractivity contribution in [3.63, 3.8) is 0 Å². The average molecular weight is 456 g/mol. The summed E-state index contributed by atoms with van der Waals surface area (Å²) in [6.07, 6.45) is -0.0150. The van der Waals surface area contributed by atoms with Gasteiger partial charge in [-0.25, -0.2) is 0 Å². The van der Waals surface area contributed by atoms with Gasteiger partial charge in [-0.05, 0) is 48.9 Å². The van der Waals surface area contributed by atoms with E-state index < -0.39 is 47.1 Å². The molecule has 0 radical (unpaired) electrons. The van der Waals surface area contributed by atoms with Gasteiger partial charge in [0.1, 0.15) is 23.5 Å². The summed E-state index contributed by atoms with van der Waals surface area (Å²) in [4.78, 5) is 26.9. The van der Waals surface area contributed by atoms with Gasteiger partial charge in [-0.15, -0.1) is 0 Å². The molecule has 0 spiro atoms. The molecule has 8 heteroatoms. The Morgan fingerprint density at radius 1 is 1.06 bits per heavy atom. The van der Waals surface area contributed by atoms with Gasteiger partial charge < -0.3 is 31.5 Å². The van der Waals surface area contributed by atoms with Crippen LogP contribution in [0.1, 0.15) is 50.2 Å². The van der Waals surface area contributed by atoms with E-state index in [9.17, 15) is 30.0 Å². The van der Waals surface area contributed by atoms with Crippen molar-refractivity contribution in [2.45, 2.75) is 36.7 Å². The molecule has 3 aliphatic rings. The van der Waals surface area contributed by atoms with Crippen LogP contribution in [-0.4, -0.2) is 55.8 Å². The zero-order valence-corrected chi connectivity index (χ0v) is 18.0. The molecule has 4 unspecified atom stereocenters. The SMILES string of the molecule is CC(O)[C@]1(O)C2C#C/C=C\C#CC(O)C1c1cc(O)c3c(c1N2)C(=O)c1ccc(N)cc1C3=O. The molecule has 5 rings (SSSR count). The number of allylic oxidation sites excluding steroid dienone is 2. The van der Waals surface area contributed by atoms with Crippen molar-refractivity contribution in [3.05, 3.63) is 64.2 Å². The van der Waals surface area contributed by atoms with Crippen LogP contribution in [0.2, 0.25) is 0 Å². The average Bonchev–Trinajstić information content (AvgIpc) is 2.78. The summed E-state index contributed by atoms with van der Waals surface area (Å²) >= 11 is 0. The summed E-state index contributed by atoms with van der Waals surface area (Å²) in [5.74, 6) is 7.90. The largest absolute Gasteiger partial charge is 0.507 e. The number of carbonyl (C=O) groups is 2. The number of phenols is 1. The Morgan fingerprint density at radius 2 is 1.74 bits per heavy atom. The standard InChI is InChI=1S/C26H20N2O6/c1-12(29)26(34)19-7-5-3-2-4-6-17(30)22(26)16-11-18(31)20-21(23(16)28-19)24(32)14-9-8-13(27)10-15(14)25(20)33/h2-3,8-12,17,19,22,28-31,34H,27H2,1H3/b3-2-/t12?,17?,19?,22?,26-/m0/s1. The smallest absolute Gasteiger partial charge is 0.198 e. The van der Waals surface area contributed by atoms with Gasteiger partial charge in [0.05, 0.1) is 28.8 Å². The number of aliphatic hydroxyl groups is 3. The maximum Gasteiger partial charge on any atom is 0.198 e. The number of nitrogens with one attached hydrogen (secondary N) is 1. The van der Waals surface area contributed by atoms with Crippen molar-refractivity contribution in [2.75, 3.05) is 11.1 Å². The molecule has 0 saturated carbocycles. The summed E-state index contributed by atoms with van der Waals surface area (Å²) in [7, 11) is 0. The molecule has 0 aromatic heterocycles. The van der Waals surface area contributed by atoms with E-state index in [4.69, 9.17) is 5.73 Å².